The first-order chi connectivity index (χ1) is 15.5. The summed E-state index contributed by atoms with van der Waals surface area (Å²) in [6.07, 6.45) is 0. The fraction of sp³-hybridized carbons (Fsp3) is 0.115. The van der Waals surface area contributed by atoms with Crippen LogP contribution in [0.25, 0.3) is 5.69 Å². The van der Waals surface area contributed by atoms with Gasteiger partial charge in [-0.2, -0.15) is 9.78 Å². The number of nitrogens with zero attached hydrogens (tertiary/aromatic N) is 2. The molecule has 3 aromatic carbocycles. The molecule has 1 amide bonds. The maximum atomic E-state index is 13.2. The number of hydrogen-bond donors (Lipinski definition) is 1. The number of carbonyl (C=O) groups is 1. The minimum Gasteiger partial charge on any atom is -0.347 e. The van der Waals surface area contributed by atoms with Crippen LogP contribution >= 0.6 is 0 Å². The quantitative estimate of drug-likeness (QED) is 0.498. The second-order valence-corrected chi connectivity index (χ2v) is 7.51. The predicted molar refractivity (Wildman–Crippen MR) is 121 cm³/mol. The van der Waals surface area contributed by atoms with Crippen molar-refractivity contribution >= 4 is 5.91 Å². The van der Waals surface area contributed by atoms with Crippen LogP contribution in [0, 0.1) is 5.82 Å². The first-order valence-electron chi connectivity index (χ1n) is 10.3. The Morgan fingerprint density at radius 3 is 1.97 bits per heavy atom. The molecule has 160 valence electrons. The number of amides is 1. The van der Waals surface area contributed by atoms with Gasteiger partial charge in [0.15, 0.2) is 0 Å². The topological polar surface area (TPSA) is 64.0 Å². The molecular formula is C26H22FN3O2. The van der Waals surface area contributed by atoms with E-state index in [1.807, 2.05) is 67.6 Å². The molecule has 32 heavy (non-hydrogen) atoms. The molecular weight excluding hydrogens is 405 g/mol. The Bertz CT molecular complexity index is 1220. The Balaban J connectivity index is 1.62. The number of carbonyl (C=O) groups excluding carboxylic acids is 1. The van der Waals surface area contributed by atoms with Crippen LogP contribution in [0.3, 0.4) is 0 Å². The smallest absolute Gasteiger partial charge is 0.271 e. The van der Waals surface area contributed by atoms with Gasteiger partial charge in [0.05, 0.1) is 5.69 Å². The van der Waals surface area contributed by atoms with E-state index < -0.39 is 17.3 Å². The monoisotopic (exact) mass is 427 g/mol. The van der Waals surface area contributed by atoms with Gasteiger partial charge in [-0.15, -0.1) is 0 Å². The van der Waals surface area contributed by atoms with Crippen molar-refractivity contribution in [3.05, 3.63) is 130 Å². The molecule has 1 unspecified atom stereocenters. The molecule has 0 saturated heterocycles. The van der Waals surface area contributed by atoms with Gasteiger partial charge in [0.25, 0.3) is 11.5 Å². The summed E-state index contributed by atoms with van der Waals surface area (Å²) in [7, 11) is 0. The molecule has 0 spiro atoms. The minimum absolute atomic E-state index is 0.0654. The summed E-state index contributed by atoms with van der Waals surface area (Å²) in [5.41, 5.74) is 2.23. The highest BCUT2D eigenvalue weighted by Crippen LogP contribution is 2.28. The lowest BCUT2D eigenvalue weighted by atomic mass is 9.86. The van der Waals surface area contributed by atoms with Crippen molar-refractivity contribution in [2.45, 2.75) is 18.9 Å². The minimum atomic E-state index is -0.419. The average molecular weight is 427 g/mol. The zero-order valence-corrected chi connectivity index (χ0v) is 17.5. The van der Waals surface area contributed by atoms with Crippen LogP contribution in [0.1, 0.15) is 34.5 Å². The molecule has 0 radical (unpaired) electrons. The largest absolute Gasteiger partial charge is 0.347 e. The Labute approximate surface area is 185 Å². The molecule has 5 nitrogen and oxygen atoms in total. The van der Waals surface area contributed by atoms with Gasteiger partial charge in [-0.25, -0.2) is 4.39 Å². The highest BCUT2D eigenvalue weighted by atomic mass is 19.1. The lowest BCUT2D eigenvalue weighted by molar-refractivity contribution is 0.0930. The molecule has 0 aliphatic heterocycles. The summed E-state index contributed by atoms with van der Waals surface area (Å²) in [5.74, 6) is -0.882. The van der Waals surface area contributed by atoms with Gasteiger partial charge >= 0.3 is 0 Å². The standard InChI is InChI=1S/C26H22FN3O2/c1-18(25(19-8-4-2-5-9-19)20-10-6-3-7-11-20)28-26(32)23-16-17-24(31)30(29-23)22-14-12-21(27)13-15-22/h2-18,25H,1H3,(H,28,32). The highest BCUT2D eigenvalue weighted by molar-refractivity contribution is 5.92. The molecule has 1 aromatic heterocycles. The van der Waals surface area contributed by atoms with Crippen molar-refractivity contribution in [3.63, 3.8) is 0 Å². The van der Waals surface area contributed by atoms with Crippen molar-refractivity contribution in [2.24, 2.45) is 0 Å². The van der Waals surface area contributed by atoms with Gasteiger partial charge in [-0.05, 0) is 48.4 Å². The molecule has 1 N–H and O–H groups in total. The van der Waals surface area contributed by atoms with Gasteiger partial charge in [0.2, 0.25) is 0 Å². The first-order valence-corrected chi connectivity index (χ1v) is 10.3. The van der Waals surface area contributed by atoms with Gasteiger partial charge in [-0.3, -0.25) is 9.59 Å². The summed E-state index contributed by atoms with van der Waals surface area (Å²) in [6, 6.07) is 27.7. The zero-order chi connectivity index (χ0) is 22.5. The van der Waals surface area contributed by atoms with Crippen LogP contribution in [-0.4, -0.2) is 21.7 Å². The first kappa shape index (κ1) is 21.2. The van der Waals surface area contributed by atoms with Gasteiger partial charge in [-0.1, -0.05) is 60.7 Å². The summed E-state index contributed by atoms with van der Waals surface area (Å²) in [5, 5.41) is 7.22. The van der Waals surface area contributed by atoms with Crippen LogP contribution in [0.2, 0.25) is 0 Å². The Morgan fingerprint density at radius 1 is 0.844 bits per heavy atom. The lowest BCUT2D eigenvalue weighted by Crippen LogP contribution is -2.38. The molecule has 4 rings (SSSR count). The number of benzene rings is 3. The van der Waals surface area contributed by atoms with E-state index in [1.54, 1.807) is 0 Å². The van der Waals surface area contributed by atoms with Crippen molar-refractivity contribution in [1.82, 2.24) is 15.1 Å². The highest BCUT2D eigenvalue weighted by Gasteiger charge is 2.24. The maximum absolute atomic E-state index is 13.2. The molecule has 0 fully saturated rings. The van der Waals surface area contributed by atoms with E-state index in [0.717, 1.165) is 15.8 Å². The van der Waals surface area contributed by atoms with E-state index in [9.17, 15) is 14.0 Å². The summed E-state index contributed by atoms with van der Waals surface area (Å²) < 4.78 is 14.3. The molecule has 4 aromatic rings. The number of rotatable bonds is 6. The number of nitrogens with one attached hydrogen (secondary N) is 1. The number of hydrogen-bond acceptors (Lipinski definition) is 3. The molecule has 0 aliphatic rings. The van der Waals surface area contributed by atoms with Crippen LogP contribution in [0.5, 0.6) is 0 Å². The van der Waals surface area contributed by atoms with Crippen molar-refractivity contribution in [1.29, 1.82) is 0 Å². The Hall–Kier alpha value is -4.06. The summed E-state index contributed by atoms with van der Waals surface area (Å²) in [6.45, 7) is 1.94. The van der Waals surface area contributed by atoms with Crippen LogP contribution in [0.15, 0.2) is 102 Å². The fourth-order valence-corrected chi connectivity index (χ4v) is 3.75. The molecule has 6 heteroatoms. The van der Waals surface area contributed by atoms with E-state index in [-0.39, 0.29) is 17.7 Å². The van der Waals surface area contributed by atoms with E-state index in [2.05, 4.69) is 10.4 Å². The molecule has 1 atom stereocenters. The maximum Gasteiger partial charge on any atom is 0.271 e. The Morgan fingerprint density at radius 2 is 1.41 bits per heavy atom. The van der Waals surface area contributed by atoms with Crippen LogP contribution in [0.4, 0.5) is 4.39 Å². The molecule has 1 heterocycles. The predicted octanol–water partition coefficient (Wildman–Crippen LogP) is 4.32. The Kier molecular flexibility index (Phi) is 6.22. The molecule has 0 saturated carbocycles. The fourth-order valence-electron chi connectivity index (χ4n) is 3.75. The molecule has 0 aliphatic carbocycles. The van der Waals surface area contributed by atoms with Gasteiger partial charge in [0, 0.05) is 18.0 Å². The third kappa shape index (κ3) is 4.64. The van der Waals surface area contributed by atoms with E-state index in [0.29, 0.717) is 5.69 Å². The second kappa shape index (κ2) is 9.39. The van der Waals surface area contributed by atoms with E-state index >= 15 is 0 Å². The van der Waals surface area contributed by atoms with Gasteiger partial charge in [0.1, 0.15) is 11.5 Å². The van der Waals surface area contributed by atoms with Crippen molar-refractivity contribution in [3.8, 4) is 5.69 Å². The van der Waals surface area contributed by atoms with E-state index in [4.69, 9.17) is 0 Å². The summed E-state index contributed by atoms with van der Waals surface area (Å²) >= 11 is 0. The van der Waals surface area contributed by atoms with E-state index in [1.165, 1.54) is 36.4 Å². The lowest BCUT2D eigenvalue weighted by Gasteiger charge is -2.26. The van der Waals surface area contributed by atoms with Gasteiger partial charge < -0.3 is 5.32 Å². The third-order valence-corrected chi connectivity index (χ3v) is 5.28. The third-order valence-electron chi connectivity index (χ3n) is 5.28. The normalized spacial score (nSPS) is 11.8. The van der Waals surface area contributed by atoms with Crippen molar-refractivity contribution in [2.75, 3.05) is 0 Å². The number of halogens is 1. The van der Waals surface area contributed by atoms with Crippen molar-refractivity contribution < 1.29 is 9.18 Å². The van der Waals surface area contributed by atoms with Crippen LogP contribution < -0.4 is 10.9 Å². The summed E-state index contributed by atoms with van der Waals surface area (Å²) in [4.78, 5) is 25.3. The molecule has 0 bridgehead atoms. The number of aromatic nitrogens is 2. The van der Waals surface area contributed by atoms with Crippen LogP contribution in [-0.2, 0) is 0 Å². The SMILES string of the molecule is CC(NC(=O)c1ccc(=O)n(-c2ccc(F)cc2)n1)C(c1ccccc1)c1ccccc1. The average Bonchev–Trinajstić information content (AvgIpc) is 2.81. The zero-order valence-electron chi connectivity index (χ0n) is 17.5. The second-order valence-electron chi connectivity index (χ2n) is 7.51.